The number of rotatable bonds is 16. The van der Waals surface area contributed by atoms with Crippen molar-refractivity contribution in [1.82, 2.24) is 0 Å². The van der Waals surface area contributed by atoms with Crippen molar-refractivity contribution < 1.29 is 67.2 Å². The molecule has 3 aromatic carbocycles. The average Bonchev–Trinajstić information content (AvgIpc) is 3.14. The number of hydrogen-bond donors (Lipinski definition) is 2. The standard InChI is InChI=1S/C39H46O14/c1-24(40)46-23-31-34(49-25(2)41)35(50-26(3)42)32(43)39(52-31)53-37-36(48-21-29-17-11-6-12-18-29)33(47-20-28-15-9-5-10-16-28)30(51-38(37)44)22-45-19-27-13-7-4-8-14-27/h4-18,30-39,43-44H,19-23H2,1-3H3/t30-,31-,32+,33-,34-,35-,36+,37+,38+,39-/m1/s1. The number of ether oxygens (including phenoxy) is 9. The SMILES string of the molecule is CC(=O)OC[C@H]1O[C@H](O[C@H]2[C@@H](OCc3ccccc3)[C@H](OCc3ccccc3)[C@@H](COCc3ccccc3)O[C@@H]2O)[C@@H](O)[C@@H](OC(C)=O)[C@@H]1OC(C)=O. The summed E-state index contributed by atoms with van der Waals surface area (Å²) in [6, 6.07) is 28.4. The van der Waals surface area contributed by atoms with E-state index in [0.29, 0.717) is 0 Å². The van der Waals surface area contributed by atoms with Crippen LogP contribution in [0, 0.1) is 0 Å². The third kappa shape index (κ3) is 11.6. The monoisotopic (exact) mass is 738 g/mol. The molecule has 0 amide bonds. The molecule has 0 spiro atoms. The van der Waals surface area contributed by atoms with Gasteiger partial charge >= 0.3 is 17.9 Å². The van der Waals surface area contributed by atoms with Crippen molar-refractivity contribution >= 4 is 17.9 Å². The second kappa shape index (κ2) is 19.7. The second-order valence-electron chi connectivity index (χ2n) is 12.7. The van der Waals surface area contributed by atoms with Crippen LogP contribution in [0.4, 0.5) is 0 Å². The lowest BCUT2D eigenvalue weighted by Gasteiger charge is -2.48. The van der Waals surface area contributed by atoms with Crippen LogP contribution in [-0.4, -0.2) is 103 Å². The molecule has 14 nitrogen and oxygen atoms in total. The van der Waals surface area contributed by atoms with Crippen LogP contribution in [0.1, 0.15) is 37.5 Å². The molecule has 53 heavy (non-hydrogen) atoms. The van der Waals surface area contributed by atoms with E-state index in [0.717, 1.165) is 30.5 Å². The first-order chi connectivity index (χ1) is 25.6. The molecule has 286 valence electrons. The van der Waals surface area contributed by atoms with Gasteiger partial charge in [0.15, 0.2) is 24.8 Å². The Kier molecular flexibility index (Phi) is 14.9. The van der Waals surface area contributed by atoms with E-state index in [1.165, 1.54) is 6.92 Å². The van der Waals surface area contributed by atoms with Gasteiger partial charge in [-0.05, 0) is 16.7 Å². The van der Waals surface area contributed by atoms with Gasteiger partial charge in [-0.15, -0.1) is 0 Å². The molecule has 10 atom stereocenters. The van der Waals surface area contributed by atoms with Crippen LogP contribution in [-0.2, 0) is 76.8 Å². The number of aliphatic hydroxyl groups excluding tert-OH is 2. The molecule has 0 bridgehead atoms. The maximum atomic E-state index is 12.2. The van der Waals surface area contributed by atoms with Gasteiger partial charge in [0.2, 0.25) is 0 Å². The van der Waals surface area contributed by atoms with Crippen molar-refractivity contribution in [2.75, 3.05) is 13.2 Å². The first kappa shape index (κ1) is 39.9. The Morgan fingerprint density at radius 1 is 0.566 bits per heavy atom. The molecule has 2 saturated heterocycles. The van der Waals surface area contributed by atoms with Crippen molar-refractivity contribution in [1.29, 1.82) is 0 Å². The van der Waals surface area contributed by atoms with Gasteiger partial charge in [-0.3, -0.25) is 14.4 Å². The molecule has 5 rings (SSSR count). The first-order valence-electron chi connectivity index (χ1n) is 17.3. The fraction of sp³-hybridized carbons (Fsp3) is 0.462. The normalized spacial score (nSPS) is 28.5. The third-order valence-corrected chi connectivity index (χ3v) is 8.53. The Balaban J connectivity index is 1.45. The summed E-state index contributed by atoms with van der Waals surface area (Å²) in [6.07, 6.45) is -13.4. The third-order valence-electron chi connectivity index (χ3n) is 8.53. The van der Waals surface area contributed by atoms with Crippen LogP contribution in [0.3, 0.4) is 0 Å². The molecule has 2 fully saturated rings. The van der Waals surface area contributed by atoms with E-state index in [1.54, 1.807) is 0 Å². The van der Waals surface area contributed by atoms with E-state index in [9.17, 15) is 24.6 Å². The van der Waals surface area contributed by atoms with Crippen molar-refractivity contribution in [3.8, 4) is 0 Å². The lowest BCUT2D eigenvalue weighted by molar-refractivity contribution is -0.369. The quantitative estimate of drug-likeness (QED) is 0.162. The van der Waals surface area contributed by atoms with Gasteiger partial charge < -0.3 is 52.8 Å². The highest BCUT2D eigenvalue weighted by Gasteiger charge is 2.54. The molecule has 2 aliphatic heterocycles. The summed E-state index contributed by atoms with van der Waals surface area (Å²) >= 11 is 0. The van der Waals surface area contributed by atoms with Crippen molar-refractivity contribution in [3.63, 3.8) is 0 Å². The van der Waals surface area contributed by atoms with Crippen LogP contribution in [0.25, 0.3) is 0 Å². The number of esters is 3. The lowest BCUT2D eigenvalue weighted by Crippen LogP contribution is -2.66. The van der Waals surface area contributed by atoms with Crippen LogP contribution in [0.15, 0.2) is 91.0 Å². The molecule has 14 heteroatoms. The van der Waals surface area contributed by atoms with Crippen molar-refractivity contribution in [3.05, 3.63) is 108 Å². The molecular formula is C39H46O14. The van der Waals surface area contributed by atoms with Crippen LogP contribution in [0.5, 0.6) is 0 Å². The number of benzene rings is 3. The van der Waals surface area contributed by atoms with E-state index < -0.39 is 85.9 Å². The highest BCUT2D eigenvalue weighted by molar-refractivity contribution is 5.68. The summed E-state index contributed by atoms with van der Waals surface area (Å²) in [5.74, 6) is -2.22. The summed E-state index contributed by atoms with van der Waals surface area (Å²) in [6.45, 7) is 3.47. The smallest absolute Gasteiger partial charge is 0.303 e. The topological polar surface area (TPSA) is 175 Å². The number of hydrogen-bond acceptors (Lipinski definition) is 14. The van der Waals surface area contributed by atoms with Crippen molar-refractivity contribution in [2.24, 2.45) is 0 Å². The molecule has 0 aromatic heterocycles. The Bertz CT molecular complexity index is 1570. The minimum Gasteiger partial charge on any atom is -0.463 e. The Morgan fingerprint density at radius 2 is 1.06 bits per heavy atom. The minimum atomic E-state index is -1.76. The van der Waals surface area contributed by atoms with E-state index >= 15 is 0 Å². The van der Waals surface area contributed by atoms with Crippen LogP contribution < -0.4 is 0 Å². The Morgan fingerprint density at radius 3 is 1.58 bits per heavy atom. The van der Waals surface area contributed by atoms with E-state index in [4.69, 9.17) is 42.6 Å². The zero-order valence-corrected chi connectivity index (χ0v) is 29.8. The zero-order valence-electron chi connectivity index (χ0n) is 29.8. The largest absolute Gasteiger partial charge is 0.463 e. The molecule has 0 unspecified atom stereocenters. The Labute approximate surface area is 307 Å². The van der Waals surface area contributed by atoms with Crippen LogP contribution in [0.2, 0.25) is 0 Å². The minimum absolute atomic E-state index is 0.00886. The highest BCUT2D eigenvalue weighted by Crippen LogP contribution is 2.34. The molecular weight excluding hydrogens is 692 g/mol. The Hall–Kier alpha value is -4.25. The fourth-order valence-electron chi connectivity index (χ4n) is 6.12. The number of carbonyl (C=O) groups is 3. The predicted octanol–water partition coefficient (Wildman–Crippen LogP) is 2.99. The maximum Gasteiger partial charge on any atom is 0.303 e. The number of aliphatic hydroxyl groups is 2. The molecule has 0 saturated carbocycles. The van der Waals surface area contributed by atoms with E-state index in [-0.39, 0.29) is 26.4 Å². The lowest BCUT2D eigenvalue weighted by atomic mass is 9.96. The summed E-state index contributed by atoms with van der Waals surface area (Å²) in [5.41, 5.74) is 2.62. The van der Waals surface area contributed by atoms with Gasteiger partial charge in [0.1, 0.15) is 43.2 Å². The molecule has 0 aliphatic carbocycles. The molecule has 2 N–H and O–H groups in total. The fourth-order valence-corrected chi connectivity index (χ4v) is 6.12. The zero-order chi connectivity index (χ0) is 37.7. The maximum absolute atomic E-state index is 12.2. The van der Waals surface area contributed by atoms with Gasteiger partial charge in [0.05, 0.1) is 26.4 Å². The van der Waals surface area contributed by atoms with E-state index in [1.807, 2.05) is 91.0 Å². The van der Waals surface area contributed by atoms with E-state index in [2.05, 4.69) is 0 Å². The molecule has 3 aromatic rings. The predicted molar refractivity (Wildman–Crippen MR) is 184 cm³/mol. The number of carbonyl (C=O) groups excluding carboxylic acids is 3. The van der Waals surface area contributed by atoms with Crippen LogP contribution >= 0.6 is 0 Å². The second-order valence-corrected chi connectivity index (χ2v) is 12.7. The molecule has 0 radical (unpaired) electrons. The van der Waals surface area contributed by atoms with Gasteiger partial charge in [-0.25, -0.2) is 0 Å². The summed E-state index contributed by atoms with van der Waals surface area (Å²) in [7, 11) is 0. The van der Waals surface area contributed by atoms with Gasteiger partial charge in [0, 0.05) is 20.8 Å². The average molecular weight is 739 g/mol. The summed E-state index contributed by atoms with van der Waals surface area (Å²) in [4.78, 5) is 36.0. The van der Waals surface area contributed by atoms with Gasteiger partial charge in [-0.2, -0.15) is 0 Å². The first-order valence-corrected chi connectivity index (χ1v) is 17.3. The van der Waals surface area contributed by atoms with Gasteiger partial charge in [-0.1, -0.05) is 91.0 Å². The summed E-state index contributed by atoms with van der Waals surface area (Å²) in [5, 5.41) is 23.1. The molecule has 2 heterocycles. The van der Waals surface area contributed by atoms with Crippen molar-refractivity contribution in [2.45, 2.75) is 102 Å². The molecule has 2 aliphatic rings. The summed E-state index contributed by atoms with van der Waals surface area (Å²) < 4.78 is 53.4. The van der Waals surface area contributed by atoms with Gasteiger partial charge in [0.25, 0.3) is 0 Å². The highest BCUT2D eigenvalue weighted by atomic mass is 16.8.